The van der Waals surface area contributed by atoms with E-state index in [4.69, 9.17) is 16.3 Å². The number of ether oxygens (including phenoxy) is 1. The third-order valence-corrected chi connectivity index (χ3v) is 2.05. The number of halogens is 1. The van der Waals surface area contributed by atoms with Crippen LogP contribution >= 0.6 is 11.6 Å². The molecule has 0 bridgehead atoms. The molecule has 0 aliphatic carbocycles. The van der Waals surface area contributed by atoms with E-state index in [1.54, 1.807) is 11.8 Å². The Labute approximate surface area is 84.9 Å². The topological polar surface area (TPSA) is 65.7 Å². The van der Waals surface area contributed by atoms with E-state index in [9.17, 15) is 0 Å². The molecule has 0 saturated carbocycles. The van der Waals surface area contributed by atoms with Crippen LogP contribution in [0, 0.1) is 0 Å². The van der Waals surface area contributed by atoms with Crippen LogP contribution in [-0.4, -0.2) is 32.1 Å². The van der Waals surface area contributed by atoms with Crippen LogP contribution in [0.3, 0.4) is 0 Å². The summed E-state index contributed by atoms with van der Waals surface area (Å²) >= 11 is 5.66. The largest absolute Gasteiger partial charge is 0.360 e. The second-order valence-corrected chi connectivity index (χ2v) is 3.05. The van der Waals surface area contributed by atoms with Gasteiger partial charge < -0.3 is 4.74 Å². The molecular weight excluding hydrogens is 206 g/mol. The SMILES string of the molecule is COC(C)n1nnc2cnc(Cl)nc21. The molecule has 0 spiro atoms. The van der Waals surface area contributed by atoms with Gasteiger partial charge in [-0.2, -0.15) is 9.67 Å². The molecule has 2 rings (SSSR count). The molecule has 0 fully saturated rings. The van der Waals surface area contributed by atoms with E-state index in [1.165, 1.54) is 6.20 Å². The van der Waals surface area contributed by atoms with Gasteiger partial charge in [0.25, 0.3) is 0 Å². The summed E-state index contributed by atoms with van der Waals surface area (Å²) < 4.78 is 6.64. The lowest BCUT2D eigenvalue weighted by Crippen LogP contribution is -2.09. The molecular formula is C7H8ClN5O. The molecule has 7 heteroatoms. The van der Waals surface area contributed by atoms with Crippen molar-refractivity contribution in [2.75, 3.05) is 7.11 Å². The van der Waals surface area contributed by atoms with Gasteiger partial charge in [-0.15, -0.1) is 5.10 Å². The highest BCUT2D eigenvalue weighted by molar-refractivity contribution is 6.28. The van der Waals surface area contributed by atoms with Gasteiger partial charge in [-0.25, -0.2) is 4.98 Å². The van der Waals surface area contributed by atoms with Gasteiger partial charge in [0.15, 0.2) is 17.4 Å². The molecule has 0 aliphatic rings. The third-order valence-electron chi connectivity index (χ3n) is 1.87. The fourth-order valence-electron chi connectivity index (χ4n) is 1.07. The number of fused-ring (bicyclic) bond motifs is 1. The maximum atomic E-state index is 5.66. The average molecular weight is 214 g/mol. The zero-order chi connectivity index (χ0) is 10.1. The summed E-state index contributed by atoms with van der Waals surface area (Å²) in [6, 6.07) is 0. The summed E-state index contributed by atoms with van der Waals surface area (Å²) in [5, 5.41) is 7.94. The predicted molar refractivity (Wildman–Crippen MR) is 49.8 cm³/mol. The van der Waals surface area contributed by atoms with Crippen LogP contribution in [0.5, 0.6) is 0 Å². The van der Waals surface area contributed by atoms with Crippen LogP contribution in [0.25, 0.3) is 11.2 Å². The molecule has 1 unspecified atom stereocenters. The van der Waals surface area contributed by atoms with Gasteiger partial charge in [0.2, 0.25) is 5.28 Å². The van der Waals surface area contributed by atoms with E-state index in [2.05, 4.69) is 20.3 Å². The monoisotopic (exact) mass is 213 g/mol. The van der Waals surface area contributed by atoms with Gasteiger partial charge in [0.05, 0.1) is 6.20 Å². The Kier molecular flexibility index (Phi) is 2.30. The van der Waals surface area contributed by atoms with Gasteiger partial charge >= 0.3 is 0 Å². The second-order valence-electron chi connectivity index (χ2n) is 2.72. The van der Waals surface area contributed by atoms with Crippen LogP contribution < -0.4 is 0 Å². The van der Waals surface area contributed by atoms with Crippen LogP contribution in [0.2, 0.25) is 5.28 Å². The van der Waals surface area contributed by atoms with Crippen molar-refractivity contribution in [3.8, 4) is 0 Å². The zero-order valence-corrected chi connectivity index (χ0v) is 8.43. The first-order chi connectivity index (χ1) is 6.72. The van der Waals surface area contributed by atoms with Gasteiger partial charge in [-0.1, -0.05) is 5.21 Å². The van der Waals surface area contributed by atoms with Gasteiger partial charge in [-0.3, -0.25) is 0 Å². The van der Waals surface area contributed by atoms with Gasteiger partial charge in [0, 0.05) is 7.11 Å². The molecule has 2 heterocycles. The normalized spacial score (nSPS) is 13.4. The first-order valence-corrected chi connectivity index (χ1v) is 4.36. The fraction of sp³-hybridized carbons (Fsp3) is 0.429. The van der Waals surface area contributed by atoms with Crippen LogP contribution in [-0.2, 0) is 4.74 Å². The van der Waals surface area contributed by atoms with E-state index in [0.717, 1.165) is 0 Å². The Hall–Kier alpha value is -1.27. The van der Waals surface area contributed by atoms with Crippen molar-refractivity contribution < 1.29 is 4.74 Å². The Bertz CT molecular complexity index is 456. The van der Waals surface area contributed by atoms with Crippen LogP contribution in [0.4, 0.5) is 0 Å². The maximum Gasteiger partial charge on any atom is 0.224 e. The Morgan fingerprint density at radius 1 is 1.57 bits per heavy atom. The fourth-order valence-corrected chi connectivity index (χ4v) is 1.20. The van der Waals surface area contributed by atoms with E-state index < -0.39 is 0 Å². The molecule has 0 radical (unpaired) electrons. The molecule has 74 valence electrons. The van der Waals surface area contributed by atoms with Crippen molar-refractivity contribution >= 4 is 22.8 Å². The number of hydrogen-bond acceptors (Lipinski definition) is 5. The number of rotatable bonds is 2. The molecule has 0 saturated heterocycles. The van der Waals surface area contributed by atoms with Crippen LogP contribution in [0.15, 0.2) is 6.20 Å². The summed E-state index contributed by atoms with van der Waals surface area (Å²) in [4.78, 5) is 7.82. The summed E-state index contributed by atoms with van der Waals surface area (Å²) in [6.07, 6.45) is 1.29. The minimum Gasteiger partial charge on any atom is -0.360 e. The highest BCUT2D eigenvalue weighted by atomic mass is 35.5. The highest BCUT2D eigenvalue weighted by Crippen LogP contribution is 2.14. The van der Waals surface area contributed by atoms with Gasteiger partial charge in [0.1, 0.15) is 0 Å². The standard InChI is InChI=1S/C7H8ClN5O/c1-4(14-2)13-6-5(11-12-13)3-9-7(8)10-6/h3-4H,1-2H3. The minimum atomic E-state index is -0.231. The van der Waals surface area contributed by atoms with Crippen molar-refractivity contribution in [2.45, 2.75) is 13.2 Å². The number of hydrogen-bond donors (Lipinski definition) is 0. The Balaban J connectivity index is 2.61. The molecule has 0 aromatic carbocycles. The Morgan fingerprint density at radius 3 is 3.07 bits per heavy atom. The predicted octanol–water partition coefficient (Wildman–Crippen LogP) is 1.04. The molecule has 0 N–H and O–H groups in total. The van der Waals surface area contributed by atoms with Gasteiger partial charge in [-0.05, 0) is 18.5 Å². The molecule has 14 heavy (non-hydrogen) atoms. The van der Waals surface area contributed by atoms with Crippen molar-refractivity contribution in [1.82, 2.24) is 25.0 Å². The lowest BCUT2D eigenvalue weighted by Gasteiger charge is -2.08. The van der Waals surface area contributed by atoms with Crippen molar-refractivity contribution in [3.05, 3.63) is 11.5 Å². The second kappa shape index (κ2) is 3.47. The molecule has 0 amide bonds. The third kappa shape index (κ3) is 1.42. The average Bonchev–Trinajstić information content (AvgIpc) is 2.59. The molecule has 2 aromatic rings. The van der Waals surface area contributed by atoms with Crippen molar-refractivity contribution in [1.29, 1.82) is 0 Å². The van der Waals surface area contributed by atoms with E-state index in [1.807, 2.05) is 6.92 Å². The molecule has 2 aromatic heterocycles. The first-order valence-electron chi connectivity index (χ1n) is 3.98. The number of methoxy groups -OCH3 is 1. The van der Waals surface area contributed by atoms with E-state index in [0.29, 0.717) is 11.2 Å². The quantitative estimate of drug-likeness (QED) is 0.698. The highest BCUT2D eigenvalue weighted by Gasteiger charge is 2.11. The van der Waals surface area contributed by atoms with Crippen LogP contribution in [0.1, 0.15) is 13.2 Å². The lowest BCUT2D eigenvalue weighted by molar-refractivity contribution is 0.0517. The van der Waals surface area contributed by atoms with Crippen molar-refractivity contribution in [3.63, 3.8) is 0 Å². The first kappa shape index (κ1) is 9.29. The number of nitrogens with zero attached hydrogens (tertiary/aromatic N) is 5. The van der Waals surface area contributed by atoms with Crippen molar-refractivity contribution in [2.24, 2.45) is 0 Å². The Morgan fingerprint density at radius 2 is 2.36 bits per heavy atom. The zero-order valence-electron chi connectivity index (χ0n) is 7.68. The molecule has 1 atom stereocenters. The minimum absolute atomic E-state index is 0.171. The molecule has 0 aliphatic heterocycles. The van der Waals surface area contributed by atoms with E-state index in [-0.39, 0.29) is 11.5 Å². The van der Waals surface area contributed by atoms with E-state index >= 15 is 0 Å². The smallest absolute Gasteiger partial charge is 0.224 e. The summed E-state index contributed by atoms with van der Waals surface area (Å²) in [7, 11) is 1.58. The maximum absolute atomic E-state index is 5.66. The lowest BCUT2D eigenvalue weighted by atomic mass is 10.5. The number of aromatic nitrogens is 5. The summed E-state index contributed by atoms with van der Waals surface area (Å²) in [6.45, 7) is 1.84. The summed E-state index contributed by atoms with van der Waals surface area (Å²) in [5.74, 6) is 0. The summed E-state index contributed by atoms with van der Waals surface area (Å²) in [5.41, 5.74) is 1.16. The molecule has 6 nitrogen and oxygen atoms in total.